The fourth-order valence-electron chi connectivity index (χ4n) is 2.12. The number of amides is 1. The van der Waals surface area contributed by atoms with Crippen LogP contribution in [0.25, 0.3) is 0 Å². The summed E-state index contributed by atoms with van der Waals surface area (Å²) in [5.41, 5.74) is 1.37. The third kappa shape index (κ3) is 2.29. The molecule has 0 saturated heterocycles. The van der Waals surface area contributed by atoms with Gasteiger partial charge in [-0.3, -0.25) is 9.48 Å². The molecule has 0 aliphatic carbocycles. The standard InChI is InChI=1S/C13H14N4O2/c1-16-8-10(14-15-16)9-17-6-7-19-12-5-3-2-4-11(12)13(17)18/h2-5,8H,6-7,9H2,1H3. The Morgan fingerprint density at radius 1 is 1.37 bits per heavy atom. The fraction of sp³-hybridized carbons (Fsp3) is 0.308. The molecule has 0 unspecified atom stereocenters. The molecule has 0 saturated carbocycles. The number of rotatable bonds is 2. The summed E-state index contributed by atoms with van der Waals surface area (Å²) in [7, 11) is 1.80. The quantitative estimate of drug-likeness (QED) is 0.801. The van der Waals surface area contributed by atoms with Crippen LogP contribution in [0.5, 0.6) is 5.75 Å². The van der Waals surface area contributed by atoms with E-state index in [-0.39, 0.29) is 5.91 Å². The Labute approximate surface area is 110 Å². The van der Waals surface area contributed by atoms with Crippen LogP contribution in [0.4, 0.5) is 0 Å². The number of fused-ring (bicyclic) bond motifs is 1. The Hall–Kier alpha value is -2.37. The molecule has 0 spiro atoms. The molecule has 3 rings (SSSR count). The maximum Gasteiger partial charge on any atom is 0.258 e. The lowest BCUT2D eigenvalue weighted by molar-refractivity contribution is 0.0741. The summed E-state index contributed by atoms with van der Waals surface area (Å²) >= 11 is 0. The summed E-state index contributed by atoms with van der Waals surface area (Å²) in [4.78, 5) is 14.2. The van der Waals surface area contributed by atoms with Crippen LogP contribution in [0, 0.1) is 0 Å². The van der Waals surface area contributed by atoms with Crippen LogP contribution in [0.15, 0.2) is 30.5 Å². The monoisotopic (exact) mass is 258 g/mol. The van der Waals surface area contributed by atoms with Crippen molar-refractivity contribution >= 4 is 5.91 Å². The first kappa shape index (κ1) is 11.7. The van der Waals surface area contributed by atoms with Gasteiger partial charge < -0.3 is 9.64 Å². The second kappa shape index (κ2) is 4.72. The van der Waals surface area contributed by atoms with Crippen molar-refractivity contribution in [2.24, 2.45) is 7.05 Å². The number of hydrogen-bond acceptors (Lipinski definition) is 4. The van der Waals surface area contributed by atoms with Crippen molar-refractivity contribution in [1.29, 1.82) is 0 Å². The van der Waals surface area contributed by atoms with Gasteiger partial charge in [0.2, 0.25) is 0 Å². The van der Waals surface area contributed by atoms with Crippen molar-refractivity contribution < 1.29 is 9.53 Å². The van der Waals surface area contributed by atoms with Crippen molar-refractivity contribution in [2.75, 3.05) is 13.2 Å². The zero-order chi connectivity index (χ0) is 13.2. The lowest BCUT2D eigenvalue weighted by Crippen LogP contribution is -2.32. The van der Waals surface area contributed by atoms with Crippen LogP contribution >= 0.6 is 0 Å². The van der Waals surface area contributed by atoms with E-state index in [1.54, 1.807) is 22.7 Å². The average molecular weight is 258 g/mol. The highest BCUT2D eigenvalue weighted by atomic mass is 16.5. The van der Waals surface area contributed by atoms with Gasteiger partial charge in [-0.2, -0.15) is 0 Å². The molecule has 0 N–H and O–H groups in total. The number of carbonyl (C=O) groups is 1. The molecule has 1 aromatic heterocycles. The molecular formula is C13H14N4O2. The van der Waals surface area contributed by atoms with E-state index >= 15 is 0 Å². The predicted molar refractivity (Wildman–Crippen MR) is 67.7 cm³/mol. The molecule has 1 amide bonds. The van der Waals surface area contributed by atoms with Crippen LogP contribution < -0.4 is 4.74 Å². The van der Waals surface area contributed by atoms with Crippen LogP contribution in [-0.2, 0) is 13.6 Å². The van der Waals surface area contributed by atoms with E-state index in [9.17, 15) is 4.79 Å². The van der Waals surface area contributed by atoms with Gasteiger partial charge in [0, 0.05) is 13.2 Å². The SMILES string of the molecule is Cn1cc(CN2CCOc3ccccc3C2=O)nn1. The zero-order valence-electron chi connectivity index (χ0n) is 10.6. The van der Waals surface area contributed by atoms with E-state index in [0.717, 1.165) is 5.69 Å². The van der Waals surface area contributed by atoms with Crippen LogP contribution in [0.2, 0.25) is 0 Å². The first-order chi connectivity index (χ1) is 9.24. The van der Waals surface area contributed by atoms with E-state index in [1.807, 2.05) is 24.4 Å². The van der Waals surface area contributed by atoms with Crippen molar-refractivity contribution in [2.45, 2.75) is 6.54 Å². The van der Waals surface area contributed by atoms with Gasteiger partial charge in [-0.1, -0.05) is 17.3 Å². The van der Waals surface area contributed by atoms with Crippen LogP contribution in [0.1, 0.15) is 16.1 Å². The van der Waals surface area contributed by atoms with Crippen molar-refractivity contribution in [3.05, 3.63) is 41.7 Å². The van der Waals surface area contributed by atoms with E-state index in [1.165, 1.54) is 0 Å². The molecule has 98 valence electrons. The van der Waals surface area contributed by atoms with Crippen LogP contribution in [0.3, 0.4) is 0 Å². The minimum absolute atomic E-state index is 0.0289. The number of benzene rings is 1. The number of aryl methyl sites for hydroxylation is 1. The minimum Gasteiger partial charge on any atom is -0.491 e. The summed E-state index contributed by atoms with van der Waals surface area (Å²) in [6, 6.07) is 7.31. The number of nitrogens with zero attached hydrogens (tertiary/aromatic N) is 4. The highest BCUT2D eigenvalue weighted by Gasteiger charge is 2.23. The lowest BCUT2D eigenvalue weighted by Gasteiger charge is -2.18. The third-order valence-corrected chi connectivity index (χ3v) is 3.03. The molecule has 6 nitrogen and oxygen atoms in total. The third-order valence-electron chi connectivity index (χ3n) is 3.03. The van der Waals surface area contributed by atoms with Crippen molar-refractivity contribution in [1.82, 2.24) is 19.9 Å². The maximum atomic E-state index is 12.4. The average Bonchev–Trinajstić information content (AvgIpc) is 2.75. The summed E-state index contributed by atoms with van der Waals surface area (Å²) < 4.78 is 7.22. The maximum absolute atomic E-state index is 12.4. The van der Waals surface area contributed by atoms with Crippen LogP contribution in [-0.4, -0.2) is 39.0 Å². The number of aromatic nitrogens is 3. The summed E-state index contributed by atoms with van der Waals surface area (Å²) in [5.74, 6) is 0.618. The normalized spacial score (nSPS) is 14.8. The van der Waals surface area contributed by atoms with Gasteiger partial charge >= 0.3 is 0 Å². The highest BCUT2D eigenvalue weighted by molar-refractivity contribution is 5.97. The molecule has 6 heteroatoms. The van der Waals surface area contributed by atoms with Gasteiger partial charge in [-0.25, -0.2) is 0 Å². The molecule has 19 heavy (non-hydrogen) atoms. The molecule has 2 aromatic rings. The van der Waals surface area contributed by atoms with E-state index in [4.69, 9.17) is 4.74 Å². The molecule has 1 aromatic carbocycles. The molecule has 2 heterocycles. The number of carbonyl (C=O) groups excluding carboxylic acids is 1. The molecular weight excluding hydrogens is 244 g/mol. The molecule has 0 bridgehead atoms. The molecule has 0 fully saturated rings. The summed E-state index contributed by atoms with van der Waals surface area (Å²) in [6.07, 6.45) is 1.81. The Kier molecular flexibility index (Phi) is 2.91. The van der Waals surface area contributed by atoms with E-state index in [2.05, 4.69) is 10.3 Å². The van der Waals surface area contributed by atoms with Crippen molar-refractivity contribution in [3.8, 4) is 5.75 Å². The first-order valence-corrected chi connectivity index (χ1v) is 6.10. The molecule has 0 atom stereocenters. The van der Waals surface area contributed by atoms with Gasteiger partial charge in [0.25, 0.3) is 5.91 Å². The Morgan fingerprint density at radius 3 is 3.00 bits per heavy atom. The predicted octanol–water partition coefficient (Wildman–Crippen LogP) is 0.850. The molecule has 1 aliphatic rings. The van der Waals surface area contributed by atoms with Gasteiger partial charge in [-0.05, 0) is 12.1 Å². The Balaban J connectivity index is 1.85. The first-order valence-electron chi connectivity index (χ1n) is 6.10. The molecule has 0 radical (unpaired) electrons. The Bertz CT molecular complexity index is 608. The molecule has 1 aliphatic heterocycles. The van der Waals surface area contributed by atoms with Crippen molar-refractivity contribution in [3.63, 3.8) is 0 Å². The largest absolute Gasteiger partial charge is 0.491 e. The highest BCUT2D eigenvalue weighted by Crippen LogP contribution is 2.23. The van der Waals surface area contributed by atoms with Gasteiger partial charge in [0.1, 0.15) is 18.1 Å². The number of para-hydroxylation sites is 1. The lowest BCUT2D eigenvalue weighted by atomic mass is 10.2. The van der Waals surface area contributed by atoms with E-state index < -0.39 is 0 Å². The van der Waals surface area contributed by atoms with Gasteiger partial charge in [0.05, 0.1) is 18.7 Å². The minimum atomic E-state index is -0.0289. The van der Waals surface area contributed by atoms with Gasteiger partial charge in [0.15, 0.2) is 0 Å². The second-order valence-corrected chi connectivity index (χ2v) is 4.45. The number of hydrogen-bond donors (Lipinski definition) is 0. The zero-order valence-corrected chi connectivity index (χ0v) is 10.6. The van der Waals surface area contributed by atoms with E-state index in [0.29, 0.717) is 31.0 Å². The fourth-order valence-corrected chi connectivity index (χ4v) is 2.12. The number of ether oxygens (including phenoxy) is 1. The van der Waals surface area contributed by atoms with Gasteiger partial charge in [-0.15, -0.1) is 5.10 Å². The summed E-state index contributed by atoms with van der Waals surface area (Å²) in [6.45, 7) is 1.48. The summed E-state index contributed by atoms with van der Waals surface area (Å²) in [5, 5.41) is 7.88. The topological polar surface area (TPSA) is 60.2 Å². The second-order valence-electron chi connectivity index (χ2n) is 4.45. The Morgan fingerprint density at radius 2 is 2.21 bits per heavy atom. The smallest absolute Gasteiger partial charge is 0.258 e.